The van der Waals surface area contributed by atoms with Crippen molar-refractivity contribution in [3.05, 3.63) is 35.8 Å². The Hall–Kier alpha value is -1.68. The maximum atomic E-state index is 11.1. The molecule has 1 atom stereocenters. The van der Waals surface area contributed by atoms with E-state index in [-0.39, 0.29) is 6.04 Å². The lowest BCUT2D eigenvalue weighted by Gasteiger charge is -2.31. The molecule has 2 aromatic heterocycles. The summed E-state index contributed by atoms with van der Waals surface area (Å²) in [5, 5.41) is 0. The van der Waals surface area contributed by atoms with Gasteiger partial charge in [-0.3, -0.25) is 4.90 Å². The van der Waals surface area contributed by atoms with Gasteiger partial charge in [-0.25, -0.2) is 4.98 Å². The molecule has 1 aliphatic heterocycles. The van der Waals surface area contributed by atoms with E-state index in [0.717, 1.165) is 43.6 Å². The first kappa shape index (κ1) is 12.4. The van der Waals surface area contributed by atoms with Crippen LogP contribution in [0.4, 0.5) is 0 Å². The van der Waals surface area contributed by atoms with Gasteiger partial charge < -0.3 is 9.20 Å². The number of imidazole rings is 1. The summed E-state index contributed by atoms with van der Waals surface area (Å²) >= 11 is 0. The minimum absolute atomic E-state index is 0.0691. The smallest absolute Gasteiger partial charge is 0.139 e. The van der Waals surface area contributed by atoms with Crippen LogP contribution in [0.2, 0.25) is 0 Å². The zero-order valence-electron chi connectivity index (χ0n) is 11.2. The van der Waals surface area contributed by atoms with Crippen molar-refractivity contribution in [2.45, 2.75) is 38.8 Å². The Bertz CT molecular complexity index is 590. The molecule has 0 bridgehead atoms. The summed E-state index contributed by atoms with van der Waals surface area (Å²) in [6, 6.07) is 4.17. The maximum absolute atomic E-state index is 11.1. The quantitative estimate of drug-likeness (QED) is 0.791. The molecular weight excluding hydrogens is 238 g/mol. The molecule has 0 radical (unpaired) electrons. The largest absolute Gasteiger partial charge is 0.307 e. The number of hydrogen-bond acceptors (Lipinski definition) is 3. The highest BCUT2D eigenvalue weighted by molar-refractivity contribution is 5.57. The first-order valence-electron chi connectivity index (χ1n) is 6.90. The van der Waals surface area contributed by atoms with Crippen LogP contribution < -0.4 is 0 Å². The molecule has 4 nitrogen and oxygen atoms in total. The molecule has 1 saturated heterocycles. The van der Waals surface area contributed by atoms with E-state index in [1.165, 1.54) is 12.0 Å². The normalized spacial score (nSPS) is 20.8. The molecule has 0 N–H and O–H groups in total. The fourth-order valence-corrected chi connectivity index (χ4v) is 2.86. The van der Waals surface area contributed by atoms with Crippen LogP contribution in [-0.2, 0) is 11.3 Å². The second kappa shape index (κ2) is 5.13. The van der Waals surface area contributed by atoms with Crippen LogP contribution in [0.5, 0.6) is 0 Å². The van der Waals surface area contributed by atoms with Gasteiger partial charge in [0, 0.05) is 18.9 Å². The highest BCUT2D eigenvalue weighted by atomic mass is 16.1. The molecule has 0 aromatic carbocycles. The van der Waals surface area contributed by atoms with Gasteiger partial charge in [0.25, 0.3) is 0 Å². The van der Waals surface area contributed by atoms with Crippen LogP contribution in [0.15, 0.2) is 24.5 Å². The Morgan fingerprint density at radius 3 is 3.16 bits per heavy atom. The lowest BCUT2D eigenvalue weighted by molar-refractivity contribution is -0.113. The summed E-state index contributed by atoms with van der Waals surface area (Å²) in [5.41, 5.74) is 3.24. The number of aldehydes is 1. The molecule has 4 heteroatoms. The predicted molar refractivity (Wildman–Crippen MR) is 74.0 cm³/mol. The molecule has 0 saturated carbocycles. The summed E-state index contributed by atoms with van der Waals surface area (Å²) in [6.45, 7) is 3.84. The number of hydrogen-bond donors (Lipinski definition) is 0. The van der Waals surface area contributed by atoms with E-state index in [1.807, 2.05) is 12.3 Å². The van der Waals surface area contributed by atoms with E-state index in [9.17, 15) is 4.79 Å². The summed E-state index contributed by atoms with van der Waals surface area (Å²) < 4.78 is 2.06. The SMILES string of the molecule is Cc1cccn2cc(CN3CCCCC3C=O)nc12. The van der Waals surface area contributed by atoms with E-state index in [4.69, 9.17) is 0 Å². The fraction of sp³-hybridized carbons (Fsp3) is 0.467. The van der Waals surface area contributed by atoms with Crippen molar-refractivity contribution in [3.63, 3.8) is 0 Å². The number of nitrogens with zero attached hydrogens (tertiary/aromatic N) is 3. The van der Waals surface area contributed by atoms with Crippen molar-refractivity contribution in [1.82, 2.24) is 14.3 Å². The van der Waals surface area contributed by atoms with Crippen molar-refractivity contribution in [1.29, 1.82) is 0 Å². The number of piperidine rings is 1. The van der Waals surface area contributed by atoms with Crippen molar-refractivity contribution < 1.29 is 4.79 Å². The van der Waals surface area contributed by atoms with Crippen LogP contribution in [0, 0.1) is 6.92 Å². The number of likely N-dealkylation sites (tertiary alicyclic amines) is 1. The number of aromatic nitrogens is 2. The van der Waals surface area contributed by atoms with Gasteiger partial charge in [0.2, 0.25) is 0 Å². The van der Waals surface area contributed by atoms with E-state index >= 15 is 0 Å². The Morgan fingerprint density at radius 1 is 1.47 bits per heavy atom. The van der Waals surface area contributed by atoms with Crippen LogP contribution >= 0.6 is 0 Å². The van der Waals surface area contributed by atoms with Gasteiger partial charge in [0.1, 0.15) is 11.9 Å². The molecule has 3 heterocycles. The zero-order chi connectivity index (χ0) is 13.2. The van der Waals surface area contributed by atoms with Crippen LogP contribution in [0.1, 0.15) is 30.5 Å². The lowest BCUT2D eigenvalue weighted by Crippen LogP contribution is -2.39. The number of pyridine rings is 1. The van der Waals surface area contributed by atoms with Gasteiger partial charge in [0.05, 0.1) is 11.7 Å². The molecule has 1 fully saturated rings. The fourth-order valence-electron chi connectivity index (χ4n) is 2.86. The average molecular weight is 257 g/mol. The standard InChI is InChI=1S/C15H19N3O/c1-12-5-4-8-18-10-13(16-15(12)18)9-17-7-3-2-6-14(17)11-19/h4-5,8,10-11,14H,2-3,6-7,9H2,1H3. The Labute approximate surface area is 113 Å². The molecular formula is C15H19N3O. The molecule has 3 rings (SSSR count). The molecule has 1 unspecified atom stereocenters. The van der Waals surface area contributed by atoms with Crippen molar-refractivity contribution in [2.75, 3.05) is 6.54 Å². The third kappa shape index (κ3) is 2.40. The van der Waals surface area contributed by atoms with Gasteiger partial charge in [-0.1, -0.05) is 12.5 Å². The van der Waals surface area contributed by atoms with Crippen molar-refractivity contribution >= 4 is 11.9 Å². The van der Waals surface area contributed by atoms with Crippen LogP contribution in [-0.4, -0.2) is 33.2 Å². The summed E-state index contributed by atoms with van der Waals surface area (Å²) in [7, 11) is 0. The molecule has 19 heavy (non-hydrogen) atoms. The van der Waals surface area contributed by atoms with E-state index < -0.39 is 0 Å². The van der Waals surface area contributed by atoms with E-state index in [2.05, 4.69) is 33.5 Å². The Kier molecular flexibility index (Phi) is 3.34. The molecule has 0 spiro atoms. The summed E-state index contributed by atoms with van der Waals surface area (Å²) in [6.07, 6.45) is 8.49. The zero-order valence-corrected chi connectivity index (χ0v) is 11.2. The highest BCUT2D eigenvalue weighted by Gasteiger charge is 2.22. The van der Waals surface area contributed by atoms with Gasteiger partial charge in [-0.05, 0) is 37.9 Å². The lowest BCUT2D eigenvalue weighted by atomic mass is 10.0. The number of carbonyl (C=O) groups is 1. The molecule has 0 aliphatic carbocycles. The van der Waals surface area contributed by atoms with Gasteiger partial charge in [-0.15, -0.1) is 0 Å². The first-order chi connectivity index (χ1) is 9.28. The second-order valence-corrected chi connectivity index (χ2v) is 5.32. The highest BCUT2D eigenvalue weighted by Crippen LogP contribution is 2.19. The van der Waals surface area contributed by atoms with Crippen LogP contribution in [0.25, 0.3) is 5.65 Å². The molecule has 2 aromatic rings. The van der Waals surface area contributed by atoms with E-state index in [1.54, 1.807) is 0 Å². The van der Waals surface area contributed by atoms with Crippen molar-refractivity contribution in [2.24, 2.45) is 0 Å². The minimum atomic E-state index is 0.0691. The average Bonchev–Trinajstić information content (AvgIpc) is 2.83. The van der Waals surface area contributed by atoms with Crippen molar-refractivity contribution in [3.8, 4) is 0 Å². The topological polar surface area (TPSA) is 37.6 Å². The molecule has 100 valence electrons. The third-order valence-corrected chi connectivity index (χ3v) is 3.91. The second-order valence-electron chi connectivity index (χ2n) is 5.32. The number of rotatable bonds is 3. The Morgan fingerprint density at radius 2 is 2.37 bits per heavy atom. The maximum Gasteiger partial charge on any atom is 0.139 e. The number of carbonyl (C=O) groups excluding carboxylic acids is 1. The predicted octanol–water partition coefficient (Wildman–Crippen LogP) is 2.20. The number of aryl methyl sites for hydroxylation is 1. The molecule has 1 aliphatic rings. The van der Waals surface area contributed by atoms with E-state index in [0.29, 0.717) is 0 Å². The monoisotopic (exact) mass is 257 g/mol. The van der Waals surface area contributed by atoms with Gasteiger partial charge in [-0.2, -0.15) is 0 Å². The first-order valence-corrected chi connectivity index (χ1v) is 6.90. The summed E-state index contributed by atoms with van der Waals surface area (Å²) in [4.78, 5) is 18.0. The van der Waals surface area contributed by atoms with Crippen LogP contribution in [0.3, 0.4) is 0 Å². The van der Waals surface area contributed by atoms with Gasteiger partial charge >= 0.3 is 0 Å². The minimum Gasteiger partial charge on any atom is -0.307 e. The Balaban J connectivity index is 1.84. The third-order valence-electron chi connectivity index (χ3n) is 3.91. The summed E-state index contributed by atoms with van der Waals surface area (Å²) in [5.74, 6) is 0. The molecule has 0 amide bonds. The number of fused-ring (bicyclic) bond motifs is 1. The van der Waals surface area contributed by atoms with Gasteiger partial charge in [0.15, 0.2) is 0 Å².